The van der Waals surface area contributed by atoms with Crippen molar-refractivity contribution in [3.8, 4) is 0 Å². The lowest BCUT2D eigenvalue weighted by molar-refractivity contribution is -0.167. The summed E-state index contributed by atoms with van der Waals surface area (Å²) >= 11 is 0. The number of ether oxygens (including phenoxy) is 2. The molecule has 5 nitrogen and oxygen atoms in total. The smallest absolute Gasteiger partial charge is 0.316 e. The number of methoxy groups -OCH3 is 1. The number of esters is 2. The SMILES string of the molecule is COC(=O)[C@]12CCC(=O)C=C1CC[C@H]1[C@@H]2CC[C@@]2(C)[C@@H](OC(C)=O)CC[C@@H]12. The summed E-state index contributed by atoms with van der Waals surface area (Å²) in [5, 5.41) is 0. The zero-order chi connectivity index (χ0) is 19.4. The molecule has 0 heterocycles. The van der Waals surface area contributed by atoms with Crippen LogP contribution in [0.25, 0.3) is 0 Å². The van der Waals surface area contributed by atoms with E-state index in [1.807, 2.05) is 0 Å². The van der Waals surface area contributed by atoms with Gasteiger partial charge in [-0.15, -0.1) is 0 Å². The third-order valence-corrected chi connectivity index (χ3v) is 8.26. The lowest BCUT2D eigenvalue weighted by Gasteiger charge is -2.57. The van der Waals surface area contributed by atoms with Gasteiger partial charge in [0, 0.05) is 18.8 Å². The lowest BCUT2D eigenvalue weighted by atomic mass is 9.47. The van der Waals surface area contributed by atoms with Gasteiger partial charge < -0.3 is 9.47 Å². The summed E-state index contributed by atoms with van der Waals surface area (Å²) in [6.45, 7) is 3.76. The second-order valence-electron chi connectivity index (χ2n) is 9.23. The molecule has 27 heavy (non-hydrogen) atoms. The van der Waals surface area contributed by atoms with Gasteiger partial charge in [-0.05, 0) is 74.3 Å². The number of carbonyl (C=O) groups excluding carboxylic acids is 3. The Morgan fingerprint density at radius 3 is 2.56 bits per heavy atom. The van der Waals surface area contributed by atoms with Crippen molar-refractivity contribution in [2.45, 2.75) is 71.3 Å². The van der Waals surface area contributed by atoms with E-state index in [1.165, 1.54) is 14.0 Å². The Bertz CT molecular complexity index is 709. The molecule has 0 saturated heterocycles. The highest BCUT2D eigenvalue weighted by atomic mass is 16.5. The van der Waals surface area contributed by atoms with Crippen LogP contribution < -0.4 is 0 Å². The molecule has 0 radical (unpaired) electrons. The molecule has 0 aromatic heterocycles. The fourth-order valence-electron chi connectivity index (χ4n) is 7.13. The van der Waals surface area contributed by atoms with E-state index in [9.17, 15) is 14.4 Å². The molecule has 4 aliphatic rings. The van der Waals surface area contributed by atoms with E-state index in [0.29, 0.717) is 24.7 Å². The second-order valence-corrected chi connectivity index (χ2v) is 9.23. The van der Waals surface area contributed by atoms with Crippen LogP contribution in [0, 0.1) is 28.6 Å². The van der Waals surface area contributed by atoms with Crippen molar-refractivity contribution >= 4 is 17.7 Å². The van der Waals surface area contributed by atoms with Gasteiger partial charge in [0.2, 0.25) is 0 Å². The number of carbonyl (C=O) groups is 3. The first-order valence-corrected chi connectivity index (χ1v) is 10.3. The number of rotatable bonds is 2. The Balaban J connectivity index is 1.70. The van der Waals surface area contributed by atoms with Gasteiger partial charge in [-0.1, -0.05) is 6.92 Å². The van der Waals surface area contributed by atoms with E-state index in [2.05, 4.69) is 6.92 Å². The number of fused-ring (bicyclic) bond motifs is 5. The summed E-state index contributed by atoms with van der Waals surface area (Å²) in [7, 11) is 1.47. The molecule has 0 unspecified atom stereocenters. The highest BCUT2D eigenvalue weighted by molar-refractivity contribution is 5.95. The van der Waals surface area contributed by atoms with E-state index in [0.717, 1.165) is 44.1 Å². The van der Waals surface area contributed by atoms with Gasteiger partial charge >= 0.3 is 11.9 Å². The maximum atomic E-state index is 13.0. The van der Waals surface area contributed by atoms with Crippen molar-refractivity contribution in [3.63, 3.8) is 0 Å². The molecular weight excluding hydrogens is 344 g/mol. The molecule has 6 atom stereocenters. The molecule has 3 fully saturated rings. The van der Waals surface area contributed by atoms with E-state index in [-0.39, 0.29) is 35.2 Å². The van der Waals surface area contributed by atoms with Gasteiger partial charge in [0.05, 0.1) is 12.5 Å². The molecule has 148 valence electrons. The summed E-state index contributed by atoms with van der Waals surface area (Å²) in [5.41, 5.74) is 0.382. The number of hydrogen-bond donors (Lipinski definition) is 0. The van der Waals surface area contributed by atoms with Gasteiger partial charge in [0.15, 0.2) is 5.78 Å². The molecule has 0 amide bonds. The van der Waals surface area contributed by atoms with Crippen molar-refractivity contribution in [1.82, 2.24) is 0 Å². The van der Waals surface area contributed by atoms with Crippen molar-refractivity contribution in [1.29, 1.82) is 0 Å². The van der Waals surface area contributed by atoms with Crippen LogP contribution in [-0.2, 0) is 23.9 Å². The predicted octanol–water partition coefficient (Wildman–Crippen LogP) is 3.60. The van der Waals surface area contributed by atoms with Crippen LogP contribution >= 0.6 is 0 Å². The third kappa shape index (κ3) is 2.60. The average Bonchev–Trinajstić information content (AvgIpc) is 2.96. The number of ketones is 1. The Hall–Kier alpha value is -1.65. The maximum absolute atomic E-state index is 13.0. The van der Waals surface area contributed by atoms with Crippen LogP contribution in [0.2, 0.25) is 0 Å². The average molecular weight is 374 g/mol. The third-order valence-electron chi connectivity index (χ3n) is 8.26. The zero-order valence-corrected chi connectivity index (χ0v) is 16.6. The first kappa shape index (κ1) is 18.7. The van der Waals surface area contributed by atoms with Gasteiger partial charge in [0.1, 0.15) is 6.10 Å². The topological polar surface area (TPSA) is 69.7 Å². The van der Waals surface area contributed by atoms with E-state index in [4.69, 9.17) is 9.47 Å². The summed E-state index contributed by atoms with van der Waals surface area (Å²) in [6, 6.07) is 0. The van der Waals surface area contributed by atoms with Gasteiger partial charge in [-0.2, -0.15) is 0 Å². The largest absolute Gasteiger partial charge is 0.468 e. The molecule has 0 N–H and O–H groups in total. The molecule has 4 rings (SSSR count). The van der Waals surface area contributed by atoms with Gasteiger partial charge in [-0.25, -0.2) is 0 Å². The minimum absolute atomic E-state index is 0.00412. The standard InChI is InChI=1S/C22H30O5/c1-13(23)27-19-7-6-17-16-5-4-14-12-15(24)8-11-22(14,20(25)26-3)18(16)9-10-21(17,19)2/h12,16-19H,4-11H2,1-3H3/t16-,17+,18+,19+,21-,22-/m1/s1. The molecule has 3 saturated carbocycles. The fraction of sp³-hybridized carbons (Fsp3) is 0.773. The van der Waals surface area contributed by atoms with Crippen molar-refractivity contribution in [2.75, 3.05) is 7.11 Å². The fourth-order valence-corrected chi connectivity index (χ4v) is 7.13. The molecular formula is C22H30O5. The second kappa shape index (κ2) is 6.46. The monoisotopic (exact) mass is 374 g/mol. The Kier molecular flexibility index (Phi) is 4.47. The molecule has 0 bridgehead atoms. The highest BCUT2D eigenvalue weighted by Crippen LogP contribution is 2.66. The summed E-state index contributed by atoms with van der Waals surface area (Å²) in [6.07, 6.45) is 8.39. The minimum Gasteiger partial charge on any atom is -0.468 e. The predicted molar refractivity (Wildman–Crippen MR) is 98.6 cm³/mol. The van der Waals surface area contributed by atoms with Crippen LogP contribution in [0.1, 0.15) is 65.2 Å². The van der Waals surface area contributed by atoms with Crippen molar-refractivity contribution < 1.29 is 23.9 Å². The van der Waals surface area contributed by atoms with Crippen LogP contribution in [0.5, 0.6) is 0 Å². The van der Waals surface area contributed by atoms with Crippen LogP contribution in [-0.4, -0.2) is 30.9 Å². The maximum Gasteiger partial charge on any atom is 0.316 e. The van der Waals surface area contributed by atoms with Crippen LogP contribution in [0.3, 0.4) is 0 Å². The van der Waals surface area contributed by atoms with Crippen molar-refractivity contribution in [3.05, 3.63) is 11.6 Å². The molecule has 5 heteroatoms. The molecule has 4 aliphatic carbocycles. The first-order chi connectivity index (χ1) is 12.8. The molecule has 0 aromatic rings. The summed E-state index contributed by atoms with van der Waals surface area (Å²) in [5.74, 6) is 0.894. The van der Waals surface area contributed by atoms with Gasteiger partial charge in [-0.3, -0.25) is 14.4 Å². The molecule has 0 aliphatic heterocycles. The zero-order valence-electron chi connectivity index (χ0n) is 16.6. The van der Waals surface area contributed by atoms with E-state index < -0.39 is 5.41 Å². The van der Waals surface area contributed by atoms with Crippen LogP contribution in [0.4, 0.5) is 0 Å². The van der Waals surface area contributed by atoms with Crippen LogP contribution in [0.15, 0.2) is 11.6 Å². The highest BCUT2D eigenvalue weighted by Gasteiger charge is 2.63. The lowest BCUT2D eigenvalue weighted by Crippen LogP contribution is -2.55. The molecule has 0 spiro atoms. The molecule has 0 aromatic carbocycles. The Labute approximate surface area is 160 Å². The Morgan fingerprint density at radius 2 is 1.85 bits per heavy atom. The normalized spacial score (nSPS) is 43.1. The number of hydrogen-bond acceptors (Lipinski definition) is 5. The van der Waals surface area contributed by atoms with Crippen molar-refractivity contribution in [2.24, 2.45) is 28.6 Å². The first-order valence-electron chi connectivity index (χ1n) is 10.3. The summed E-state index contributed by atoms with van der Waals surface area (Å²) in [4.78, 5) is 36.6. The quantitative estimate of drug-likeness (QED) is 0.691. The summed E-state index contributed by atoms with van der Waals surface area (Å²) < 4.78 is 11.0. The van der Waals surface area contributed by atoms with E-state index in [1.54, 1.807) is 6.08 Å². The van der Waals surface area contributed by atoms with E-state index >= 15 is 0 Å². The minimum atomic E-state index is -0.619. The van der Waals surface area contributed by atoms with Gasteiger partial charge in [0.25, 0.3) is 0 Å². The Morgan fingerprint density at radius 1 is 1.07 bits per heavy atom.